The fraction of sp³-hybridized carbons (Fsp3) is 0.556. The predicted molar refractivity (Wildman–Crippen MR) is 91.9 cm³/mol. The first-order valence-electron chi connectivity index (χ1n) is 8.58. The van der Waals surface area contributed by atoms with Crippen LogP contribution >= 0.6 is 0 Å². The molecule has 0 unspecified atom stereocenters. The van der Waals surface area contributed by atoms with Gasteiger partial charge in [0.1, 0.15) is 6.54 Å². The monoisotopic (exact) mass is 347 g/mol. The first-order valence-corrected chi connectivity index (χ1v) is 8.58. The third-order valence-corrected chi connectivity index (χ3v) is 4.71. The highest BCUT2D eigenvalue weighted by Crippen LogP contribution is 2.22. The van der Waals surface area contributed by atoms with E-state index < -0.39 is 5.97 Å². The third kappa shape index (κ3) is 5.01. The minimum Gasteiger partial charge on any atom is -0.480 e. The number of pyridine rings is 1. The molecule has 0 spiro atoms. The van der Waals surface area contributed by atoms with Gasteiger partial charge in [-0.3, -0.25) is 19.4 Å². The van der Waals surface area contributed by atoms with E-state index in [2.05, 4.69) is 4.98 Å². The molecule has 2 rings (SSSR count). The van der Waals surface area contributed by atoms with Crippen LogP contribution in [0.3, 0.4) is 0 Å². The lowest BCUT2D eigenvalue weighted by Crippen LogP contribution is -2.43. The SMILES string of the molecule is CC(=O)N(CC(=O)O)[C@H]1CCCN(C(=O)[C@H](C)c2cccnc2)CC1. The number of aliphatic carboxylic acids is 1. The number of hydrogen-bond donors (Lipinski definition) is 1. The smallest absolute Gasteiger partial charge is 0.323 e. The summed E-state index contributed by atoms with van der Waals surface area (Å²) in [4.78, 5) is 42.8. The average Bonchev–Trinajstić information content (AvgIpc) is 2.84. The van der Waals surface area contributed by atoms with E-state index in [-0.39, 0.29) is 30.3 Å². The number of carbonyl (C=O) groups excluding carboxylic acids is 2. The molecule has 0 bridgehead atoms. The van der Waals surface area contributed by atoms with Crippen LogP contribution in [0.4, 0.5) is 0 Å². The minimum atomic E-state index is -1.02. The molecular weight excluding hydrogens is 322 g/mol. The van der Waals surface area contributed by atoms with Gasteiger partial charge in [-0.05, 0) is 37.8 Å². The molecule has 1 fully saturated rings. The highest BCUT2D eigenvalue weighted by Gasteiger charge is 2.29. The molecule has 1 aromatic rings. The summed E-state index contributed by atoms with van der Waals surface area (Å²) >= 11 is 0. The summed E-state index contributed by atoms with van der Waals surface area (Å²) < 4.78 is 0. The number of aromatic nitrogens is 1. The van der Waals surface area contributed by atoms with Crippen molar-refractivity contribution in [2.24, 2.45) is 0 Å². The van der Waals surface area contributed by atoms with Gasteiger partial charge >= 0.3 is 5.97 Å². The molecule has 2 atom stereocenters. The number of amides is 2. The zero-order chi connectivity index (χ0) is 18.4. The van der Waals surface area contributed by atoms with E-state index in [0.717, 1.165) is 12.0 Å². The van der Waals surface area contributed by atoms with E-state index >= 15 is 0 Å². The van der Waals surface area contributed by atoms with Crippen molar-refractivity contribution in [2.75, 3.05) is 19.6 Å². The van der Waals surface area contributed by atoms with Gasteiger partial charge in [-0.15, -0.1) is 0 Å². The predicted octanol–water partition coefficient (Wildman–Crippen LogP) is 1.50. The van der Waals surface area contributed by atoms with Gasteiger partial charge in [-0.2, -0.15) is 0 Å². The Hall–Kier alpha value is -2.44. The minimum absolute atomic E-state index is 0.0428. The van der Waals surface area contributed by atoms with Gasteiger partial charge in [0.15, 0.2) is 0 Å². The Labute approximate surface area is 147 Å². The number of carbonyl (C=O) groups is 3. The summed E-state index contributed by atoms with van der Waals surface area (Å²) in [6.45, 7) is 4.12. The zero-order valence-electron chi connectivity index (χ0n) is 14.7. The van der Waals surface area contributed by atoms with Crippen LogP contribution < -0.4 is 0 Å². The molecule has 136 valence electrons. The molecule has 1 aromatic heterocycles. The number of carboxylic acid groups (broad SMARTS) is 1. The molecule has 2 heterocycles. The Morgan fingerprint density at radius 2 is 2.12 bits per heavy atom. The quantitative estimate of drug-likeness (QED) is 0.872. The maximum Gasteiger partial charge on any atom is 0.323 e. The molecule has 1 N–H and O–H groups in total. The lowest BCUT2D eigenvalue weighted by atomic mass is 10.0. The molecule has 0 aromatic carbocycles. The van der Waals surface area contributed by atoms with Gasteiger partial charge in [-0.25, -0.2) is 0 Å². The molecule has 0 radical (unpaired) electrons. The van der Waals surface area contributed by atoms with Crippen molar-refractivity contribution >= 4 is 17.8 Å². The molecule has 0 saturated carbocycles. The van der Waals surface area contributed by atoms with Crippen molar-refractivity contribution in [2.45, 2.75) is 45.1 Å². The molecule has 0 aliphatic carbocycles. The van der Waals surface area contributed by atoms with Gasteiger partial charge in [0, 0.05) is 38.4 Å². The van der Waals surface area contributed by atoms with Crippen LogP contribution in [0.5, 0.6) is 0 Å². The number of carboxylic acids is 1. The summed E-state index contributed by atoms with van der Waals surface area (Å²) in [5, 5.41) is 9.01. The third-order valence-electron chi connectivity index (χ3n) is 4.71. The Kier molecular flexibility index (Phi) is 6.50. The van der Waals surface area contributed by atoms with Gasteiger partial charge in [0.05, 0.1) is 5.92 Å². The van der Waals surface area contributed by atoms with E-state index in [1.165, 1.54) is 11.8 Å². The Morgan fingerprint density at radius 1 is 1.36 bits per heavy atom. The number of likely N-dealkylation sites (tertiary alicyclic amines) is 1. The van der Waals surface area contributed by atoms with Crippen molar-refractivity contribution in [3.63, 3.8) is 0 Å². The Bertz CT molecular complexity index is 620. The summed E-state index contributed by atoms with van der Waals surface area (Å²) in [7, 11) is 0. The molecule has 7 nitrogen and oxygen atoms in total. The van der Waals surface area contributed by atoms with E-state index in [4.69, 9.17) is 5.11 Å². The van der Waals surface area contributed by atoms with E-state index in [1.54, 1.807) is 12.4 Å². The summed E-state index contributed by atoms with van der Waals surface area (Å²) in [5.74, 6) is -1.48. The molecule has 2 amide bonds. The van der Waals surface area contributed by atoms with Crippen LogP contribution in [0.25, 0.3) is 0 Å². The van der Waals surface area contributed by atoms with Crippen molar-refractivity contribution in [3.8, 4) is 0 Å². The maximum atomic E-state index is 12.8. The largest absolute Gasteiger partial charge is 0.480 e. The normalized spacial score (nSPS) is 19.0. The fourth-order valence-corrected chi connectivity index (χ4v) is 3.30. The second-order valence-electron chi connectivity index (χ2n) is 6.46. The van der Waals surface area contributed by atoms with Crippen LogP contribution in [-0.4, -0.2) is 63.4 Å². The maximum absolute atomic E-state index is 12.8. The summed E-state index contributed by atoms with van der Waals surface area (Å²) in [6, 6.07) is 3.56. The van der Waals surface area contributed by atoms with Crippen molar-refractivity contribution in [1.82, 2.24) is 14.8 Å². The standard InChI is InChI=1S/C18H25N3O4/c1-13(15-5-3-8-19-11-15)18(25)20-9-4-6-16(7-10-20)21(14(2)22)12-17(23)24/h3,5,8,11,13,16H,4,6-7,9-10,12H2,1-2H3,(H,23,24)/t13-,16+/m1/s1. The highest BCUT2D eigenvalue weighted by atomic mass is 16.4. The van der Waals surface area contributed by atoms with Gasteiger partial charge in [0.2, 0.25) is 11.8 Å². The van der Waals surface area contributed by atoms with Crippen molar-refractivity contribution in [1.29, 1.82) is 0 Å². The van der Waals surface area contributed by atoms with Crippen molar-refractivity contribution < 1.29 is 19.5 Å². The van der Waals surface area contributed by atoms with E-state index in [1.807, 2.05) is 24.0 Å². The second kappa shape index (κ2) is 8.60. The fourth-order valence-electron chi connectivity index (χ4n) is 3.30. The van der Waals surface area contributed by atoms with Crippen LogP contribution in [0.1, 0.15) is 44.6 Å². The average molecular weight is 347 g/mol. The second-order valence-corrected chi connectivity index (χ2v) is 6.46. The summed E-state index contributed by atoms with van der Waals surface area (Å²) in [5.41, 5.74) is 0.879. The topological polar surface area (TPSA) is 90.8 Å². The number of hydrogen-bond acceptors (Lipinski definition) is 4. The van der Waals surface area contributed by atoms with Crippen LogP contribution in [0.15, 0.2) is 24.5 Å². The first kappa shape index (κ1) is 18.9. The van der Waals surface area contributed by atoms with Gasteiger partial charge in [-0.1, -0.05) is 6.07 Å². The molecule has 1 saturated heterocycles. The van der Waals surface area contributed by atoms with E-state index in [0.29, 0.717) is 25.9 Å². The van der Waals surface area contributed by atoms with Gasteiger partial charge < -0.3 is 14.9 Å². The first-order chi connectivity index (χ1) is 11.9. The van der Waals surface area contributed by atoms with Crippen LogP contribution in [0.2, 0.25) is 0 Å². The van der Waals surface area contributed by atoms with E-state index in [9.17, 15) is 14.4 Å². The Morgan fingerprint density at radius 3 is 2.72 bits per heavy atom. The number of nitrogens with zero attached hydrogens (tertiary/aromatic N) is 3. The molecule has 1 aliphatic rings. The van der Waals surface area contributed by atoms with Crippen molar-refractivity contribution in [3.05, 3.63) is 30.1 Å². The van der Waals surface area contributed by atoms with Gasteiger partial charge in [0.25, 0.3) is 0 Å². The zero-order valence-corrected chi connectivity index (χ0v) is 14.7. The number of rotatable bonds is 5. The molecular formula is C18H25N3O4. The van der Waals surface area contributed by atoms with Crippen LogP contribution in [-0.2, 0) is 14.4 Å². The molecule has 1 aliphatic heterocycles. The molecule has 7 heteroatoms. The molecule has 25 heavy (non-hydrogen) atoms. The lowest BCUT2D eigenvalue weighted by molar-refractivity contribution is -0.145. The Balaban J connectivity index is 2.01. The lowest BCUT2D eigenvalue weighted by Gasteiger charge is -2.29. The summed E-state index contributed by atoms with van der Waals surface area (Å²) in [6.07, 6.45) is 5.43. The van der Waals surface area contributed by atoms with Crippen LogP contribution in [0, 0.1) is 0 Å². The highest BCUT2D eigenvalue weighted by molar-refractivity contribution is 5.83.